The van der Waals surface area contributed by atoms with E-state index in [2.05, 4.69) is 3.77 Å². The molecule has 0 bridgehead atoms. The van der Waals surface area contributed by atoms with E-state index >= 15 is 0 Å². The van der Waals surface area contributed by atoms with Crippen LogP contribution in [0.4, 0.5) is 5.69 Å². The normalized spacial score (nSPS) is 11.1. The second kappa shape index (κ2) is 7.62. The van der Waals surface area contributed by atoms with Gasteiger partial charge in [0, 0.05) is 17.0 Å². The van der Waals surface area contributed by atoms with Gasteiger partial charge < -0.3 is 0 Å². The largest absolute Gasteiger partial charge is 0.292 e. The monoisotopic (exact) mass is 424 g/mol. The van der Waals surface area contributed by atoms with Crippen molar-refractivity contribution in [3.63, 3.8) is 0 Å². The van der Waals surface area contributed by atoms with Crippen LogP contribution in [-0.2, 0) is 21.2 Å². The number of hydrogen-bond acceptors (Lipinski definition) is 6. The highest BCUT2D eigenvalue weighted by molar-refractivity contribution is 7.94. The predicted molar refractivity (Wildman–Crippen MR) is 106 cm³/mol. The van der Waals surface area contributed by atoms with Crippen molar-refractivity contribution in [2.75, 3.05) is 0 Å². The number of nitro groups is 1. The number of non-ortho nitro benzene ring substituents is 1. The number of nitro benzene ring substituents is 1. The Balaban J connectivity index is 1.92. The zero-order chi connectivity index (χ0) is 18.7. The Bertz CT molecular complexity index is 1150. The summed E-state index contributed by atoms with van der Waals surface area (Å²) in [6, 6.07) is 14.7. The quantitative estimate of drug-likeness (QED) is 0.258. The molecule has 0 N–H and O–H groups in total. The summed E-state index contributed by atoms with van der Waals surface area (Å²) in [5.41, 5.74) is 2.08. The second-order valence-electron chi connectivity index (χ2n) is 5.25. The summed E-state index contributed by atoms with van der Waals surface area (Å²) >= 11 is 0.883. The molecule has 0 radical (unpaired) electrons. The van der Waals surface area contributed by atoms with Gasteiger partial charge in [0.15, 0.2) is 0 Å². The molecule has 6 nitrogen and oxygen atoms in total. The van der Waals surface area contributed by atoms with E-state index in [9.17, 15) is 18.5 Å². The smallest absolute Gasteiger partial charge is 0.258 e. The maximum absolute atomic E-state index is 12.3. The number of benzene rings is 2. The maximum Gasteiger partial charge on any atom is 0.292 e. The topological polar surface area (TPSA) is 89.6 Å². The fraction of sp³-hybridized carbons (Fsp3) is 0.0625. The Morgan fingerprint density at radius 3 is 2.31 bits per heavy atom. The van der Waals surface area contributed by atoms with Crippen molar-refractivity contribution in [2.45, 2.75) is 11.8 Å². The van der Waals surface area contributed by atoms with Gasteiger partial charge in [0.1, 0.15) is 3.82 Å². The molecule has 26 heavy (non-hydrogen) atoms. The van der Waals surface area contributed by atoms with Crippen LogP contribution in [0.15, 0.2) is 63.3 Å². The third kappa shape index (κ3) is 4.33. The van der Waals surface area contributed by atoms with Gasteiger partial charge in [-0.15, -0.1) is 0 Å². The lowest BCUT2D eigenvalue weighted by Crippen LogP contribution is -1.96. The molecule has 3 rings (SSSR count). The SMILES string of the molecule is Cc1ccc(-c2cc(=S=NS(=O)(=O)c3ccc([N+](=O)[O-])cc3)ss2)cc1. The summed E-state index contributed by atoms with van der Waals surface area (Å²) in [5, 5.41) is 10.6. The lowest BCUT2D eigenvalue weighted by atomic mass is 10.1. The molecule has 0 saturated carbocycles. The molecule has 3 aromatic rings. The van der Waals surface area contributed by atoms with Gasteiger partial charge in [-0.1, -0.05) is 54.3 Å². The highest BCUT2D eigenvalue weighted by atomic mass is 32.9. The number of hydrogen-bond donors (Lipinski definition) is 0. The summed E-state index contributed by atoms with van der Waals surface area (Å²) in [4.78, 5) is 11.0. The molecule has 0 aliphatic heterocycles. The molecule has 2 aromatic carbocycles. The Hall–Kier alpha value is -2.14. The van der Waals surface area contributed by atoms with Crippen molar-refractivity contribution in [1.29, 1.82) is 0 Å². The number of aryl methyl sites for hydroxylation is 1. The molecule has 1 heterocycles. The standard InChI is InChI=1S/C16H12N2O4S4/c1-11-2-4-12(5-3-11)15-10-16(25-24-15)23-17-26(21,22)14-8-6-13(7-9-14)18(19)20/h2-10H,1H3. The summed E-state index contributed by atoms with van der Waals surface area (Å²) in [6.07, 6.45) is 0. The van der Waals surface area contributed by atoms with Crippen molar-refractivity contribution in [3.8, 4) is 10.4 Å². The van der Waals surface area contributed by atoms with E-state index in [0.717, 1.165) is 37.5 Å². The van der Waals surface area contributed by atoms with E-state index in [1.165, 1.54) is 28.0 Å². The molecule has 0 saturated heterocycles. The Morgan fingerprint density at radius 1 is 1.04 bits per heavy atom. The molecule has 1 aromatic heterocycles. The van der Waals surface area contributed by atoms with Gasteiger partial charge >= 0.3 is 0 Å². The minimum absolute atomic E-state index is 0.0745. The Morgan fingerprint density at radius 2 is 1.69 bits per heavy atom. The minimum Gasteiger partial charge on any atom is -0.258 e. The van der Waals surface area contributed by atoms with E-state index < -0.39 is 14.9 Å². The molecule has 10 heteroatoms. The number of rotatable bonds is 4. The average molecular weight is 425 g/mol. The van der Waals surface area contributed by atoms with Gasteiger partial charge in [-0.25, -0.2) is 0 Å². The highest BCUT2D eigenvalue weighted by Crippen LogP contribution is 2.29. The Kier molecular flexibility index (Phi) is 5.47. The van der Waals surface area contributed by atoms with Crippen LogP contribution in [0, 0.1) is 20.9 Å². The molecule has 0 atom stereocenters. The van der Waals surface area contributed by atoms with Crippen LogP contribution in [-0.4, -0.2) is 13.3 Å². The minimum atomic E-state index is -3.89. The van der Waals surface area contributed by atoms with E-state index in [0.29, 0.717) is 0 Å². The van der Waals surface area contributed by atoms with Gasteiger partial charge in [-0.3, -0.25) is 10.1 Å². The van der Waals surface area contributed by atoms with E-state index in [-0.39, 0.29) is 10.6 Å². The van der Waals surface area contributed by atoms with Crippen molar-refractivity contribution < 1.29 is 13.3 Å². The molecule has 0 unspecified atom stereocenters. The predicted octanol–water partition coefficient (Wildman–Crippen LogP) is 4.88. The van der Waals surface area contributed by atoms with Gasteiger partial charge in [-0.2, -0.15) is 8.42 Å². The fourth-order valence-electron chi connectivity index (χ4n) is 2.00. The molecule has 134 valence electrons. The number of nitrogens with zero attached hydrogens (tertiary/aromatic N) is 2. The zero-order valence-electron chi connectivity index (χ0n) is 13.4. The first kappa shape index (κ1) is 18.6. The van der Waals surface area contributed by atoms with Gasteiger partial charge in [0.25, 0.3) is 15.7 Å². The van der Waals surface area contributed by atoms with Crippen LogP contribution in [0.5, 0.6) is 0 Å². The lowest BCUT2D eigenvalue weighted by molar-refractivity contribution is -0.384. The third-order valence-corrected chi connectivity index (χ3v) is 8.63. The number of sulfonamides is 1. The zero-order valence-corrected chi connectivity index (χ0v) is 16.6. The molecule has 0 aliphatic rings. The molecule has 0 fully saturated rings. The van der Waals surface area contributed by atoms with Crippen molar-refractivity contribution in [3.05, 3.63) is 74.1 Å². The van der Waals surface area contributed by atoms with Crippen LogP contribution >= 0.6 is 20.7 Å². The van der Waals surface area contributed by atoms with Crippen LogP contribution in [0.1, 0.15) is 5.56 Å². The molecular formula is C16H12N2O4S4. The summed E-state index contributed by atoms with van der Waals surface area (Å²) in [5.74, 6) is 0. The molecule has 0 aliphatic carbocycles. The Labute approximate surface area is 160 Å². The average Bonchev–Trinajstić information content (AvgIpc) is 3.10. The first-order chi connectivity index (χ1) is 12.3. The van der Waals surface area contributed by atoms with E-state index in [1.807, 2.05) is 37.3 Å². The second-order valence-corrected chi connectivity index (χ2v) is 10.4. The van der Waals surface area contributed by atoms with Crippen molar-refractivity contribution >= 4 is 47.5 Å². The highest BCUT2D eigenvalue weighted by Gasteiger charge is 2.14. The first-order valence-electron chi connectivity index (χ1n) is 7.24. The fourth-order valence-corrected chi connectivity index (χ4v) is 6.64. The van der Waals surface area contributed by atoms with Crippen LogP contribution in [0.2, 0.25) is 0 Å². The molecular weight excluding hydrogens is 412 g/mol. The third-order valence-electron chi connectivity index (χ3n) is 3.37. The van der Waals surface area contributed by atoms with Crippen LogP contribution < -0.4 is 0 Å². The summed E-state index contributed by atoms with van der Waals surface area (Å²) in [7, 11) is -0.886. The molecule has 0 spiro atoms. The lowest BCUT2D eigenvalue weighted by Gasteiger charge is -1.96. The van der Waals surface area contributed by atoms with Crippen LogP contribution in [0.3, 0.4) is 0 Å². The van der Waals surface area contributed by atoms with E-state index in [4.69, 9.17) is 0 Å². The summed E-state index contributed by atoms with van der Waals surface area (Å²) in [6.45, 7) is 2.02. The molecule has 0 amide bonds. The first-order valence-corrected chi connectivity index (χ1v) is 11.6. The van der Waals surface area contributed by atoms with Crippen LogP contribution in [0.25, 0.3) is 10.4 Å². The maximum atomic E-state index is 12.3. The van der Waals surface area contributed by atoms with Gasteiger partial charge in [0.2, 0.25) is 0 Å². The van der Waals surface area contributed by atoms with Gasteiger partial charge in [0.05, 0.1) is 9.82 Å². The summed E-state index contributed by atoms with van der Waals surface area (Å²) < 4.78 is 29.0. The van der Waals surface area contributed by atoms with E-state index in [1.54, 1.807) is 10.3 Å². The van der Waals surface area contributed by atoms with Gasteiger partial charge in [-0.05, 0) is 41.8 Å². The van der Waals surface area contributed by atoms with Crippen molar-refractivity contribution in [2.24, 2.45) is 3.77 Å². The van der Waals surface area contributed by atoms with Crippen molar-refractivity contribution in [1.82, 2.24) is 0 Å².